The molecule has 2 unspecified atom stereocenters. The first-order valence-corrected chi connectivity index (χ1v) is 7.77. The number of halogens is 2. The number of ether oxygens (including phenoxy) is 4. The molecule has 4 N–H and O–H groups in total. The van der Waals surface area contributed by atoms with Gasteiger partial charge in [-0.2, -0.15) is 0 Å². The van der Waals surface area contributed by atoms with Crippen LogP contribution >= 0.6 is 23.2 Å². The van der Waals surface area contributed by atoms with E-state index >= 15 is 0 Å². The summed E-state index contributed by atoms with van der Waals surface area (Å²) in [6.07, 6.45) is -0.551. The Bertz CT molecular complexity index is 184. The molecule has 0 saturated carbocycles. The Kier molecular flexibility index (Phi) is 16.0. The lowest BCUT2D eigenvalue weighted by Crippen LogP contribution is -2.41. The zero-order valence-electron chi connectivity index (χ0n) is 11.8. The Labute approximate surface area is 130 Å². The molecule has 0 fully saturated rings. The Morgan fingerprint density at radius 3 is 1.70 bits per heavy atom. The zero-order valence-corrected chi connectivity index (χ0v) is 13.3. The van der Waals surface area contributed by atoms with Crippen LogP contribution in [0.1, 0.15) is 0 Å². The third-order valence-electron chi connectivity index (χ3n) is 2.32. The van der Waals surface area contributed by atoms with Crippen molar-refractivity contribution in [2.24, 2.45) is 11.5 Å². The van der Waals surface area contributed by atoms with Crippen molar-refractivity contribution < 1.29 is 18.9 Å². The molecule has 0 rings (SSSR count). The van der Waals surface area contributed by atoms with E-state index in [1.165, 1.54) is 0 Å². The summed E-state index contributed by atoms with van der Waals surface area (Å²) in [7, 11) is 0. The third-order valence-corrected chi connectivity index (χ3v) is 2.63. The average Bonchev–Trinajstić information content (AvgIpc) is 2.47. The highest BCUT2D eigenvalue weighted by Crippen LogP contribution is 2.07. The molecule has 0 bridgehead atoms. The van der Waals surface area contributed by atoms with E-state index < -0.39 is 0 Å². The maximum atomic E-state index is 5.66. The van der Waals surface area contributed by atoms with E-state index in [1.54, 1.807) is 0 Å². The summed E-state index contributed by atoms with van der Waals surface area (Å²) in [5.41, 5.74) is 10.9. The summed E-state index contributed by atoms with van der Waals surface area (Å²) < 4.78 is 22.1. The first-order valence-electron chi connectivity index (χ1n) is 6.70. The Morgan fingerprint density at radius 1 is 0.700 bits per heavy atom. The fourth-order valence-corrected chi connectivity index (χ4v) is 1.68. The summed E-state index contributed by atoms with van der Waals surface area (Å²) >= 11 is 11.2. The van der Waals surface area contributed by atoms with Gasteiger partial charge in [-0.3, -0.25) is 0 Å². The third kappa shape index (κ3) is 11.0. The van der Waals surface area contributed by atoms with Crippen LogP contribution in [0.3, 0.4) is 0 Å². The highest BCUT2D eigenvalue weighted by molar-refractivity contribution is 6.18. The molecule has 0 saturated heterocycles. The molecular formula is C12H26Cl2N2O4. The van der Waals surface area contributed by atoms with E-state index in [2.05, 4.69) is 0 Å². The molecule has 0 radical (unpaired) electrons. The van der Waals surface area contributed by atoms with Crippen molar-refractivity contribution in [2.75, 3.05) is 64.5 Å². The van der Waals surface area contributed by atoms with Crippen molar-refractivity contribution in [3.05, 3.63) is 0 Å². The monoisotopic (exact) mass is 332 g/mol. The quantitative estimate of drug-likeness (QED) is 0.328. The summed E-state index contributed by atoms with van der Waals surface area (Å²) in [4.78, 5) is 0. The van der Waals surface area contributed by atoms with Crippen LogP contribution in [0, 0.1) is 0 Å². The summed E-state index contributed by atoms with van der Waals surface area (Å²) in [5, 5.41) is 0. The molecule has 0 aromatic carbocycles. The molecule has 122 valence electrons. The Hall–Kier alpha value is 0.340. The number of nitrogens with two attached hydrogens (primary N) is 2. The van der Waals surface area contributed by atoms with Gasteiger partial charge in [0.2, 0.25) is 0 Å². The highest BCUT2D eigenvalue weighted by Gasteiger charge is 2.23. The number of hydrogen-bond donors (Lipinski definition) is 2. The second-order valence-electron chi connectivity index (χ2n) is 3.92. The normalized spacial score (nSPS) is 14.4. The first-order chi connectivity index (χ1) is 9.79. The smallest absolute Gasteiger partial charge is 0.109 e. The van der Waals surface area contributed by atoms with Crippen molar-refractivity contribution in [2.45, 2.75) is 12.2 Å². The van der Waals surface area contributed by atoms with Gasteiger partial charge >= 0.3 is 0 Å². The van der Waals surface area contributed by atoms with E-state index in [9.17, 15) is 0 Å². The fourth-order valence-electron chi connectivity index (χ4n) is 1.48. The van der Waals surface area contributed by atoms with Gasteiger partial charge < -0.3 is 30.4 Å². The molecule has 0 aromatic rings. The number of hydrogen-bond acceptors (Lipinski definition) is 6. The molecule has 8 heteroatoms. The molecule has 0 aliphatic rings. The van der Waals surface area contributed by atoms with Crippen molar-refractivity contribution >= 4 is 23.2 Å². The summed E-state index contributed by atoms with van der Waals surface area (Å²) in [6, 6.07) is 0. The van der Waals surface area contributed by atoms with E-state index in [0.29, 0.717) is 64.5 Å². The molecule has 2 atom stereocenters. The van der Waals surface area contributed by atoms with Gasteiger partial charge in [-0.05, 0) is 0 Å². The number of alkyl halides is 2. The molecule has 0 aliphatic heterocycles. The van der Waals surface area contributed by atoms with Gasteiger partial charge in [0.15, 0.2) is 0 Å². The molecule has 0 aromatic heterocycles. The maximum Gasteiger partial charge on any atom is 0.109 e. The van der Waals surface area contributed by atoms with Crippen LogP contribution in [0.25, 0.3) is 0 Å². The van der Waals surface area contributed by atoms with Crippen LogP contribution in [0.15, 0.2) is 0 Å². The Balaban J connectivity index is 4.32. The van der Waals surface area contributed by atoms with Crippen molar-refractivity contribution in [3.63, 3.8) is 0 Å². The van der Waals surface area contributed by atoms with E-state index in [0.717, 1.165) is 0 Å². The standard InChI is InChI=1S/C12H26Cl2N2O4/c13-1-5-17-9-11(19-6-2-14)12(20-8-4-16)10-18-7-3-15/h11-12H,1-10,15-16H2. The van der Waals surface area contributed by atoms with Gasteiger partial charge in [-0.1, -0.05) is 0 Å². The van der Waals surface area contributed by atoms with Crippen molar-refractivity contribution in [1.82, 2.24) is 0 Å². The zero-order chi connectivity index (χ0) is 15.1. The molecule has 6 nitrogen and oxygen atoms in total. The van der Waals surface area contributed by atoms with Gasteiger partial charge in [0.1, 0.15) is 12.2 Å². The summed E-state index contributed by atoms with van der Waals surface area (Å²) in [6.45, 7) is 3.38. The SMILES string of the molecule is NCCOCC(OCCN)C(COCCCl)OCCCl. The van der Waals surface area contributed by atoms with Gasteiger partial charge in [-0.25, -0.2) is 0 Å². The van der Waals surface area contributed by atoms with Crippen LogP contribution < -0.4 is 11.5 Å². The van der Waals surface area contributed by atoms with Crippen molar-refractivity contribution in [3.8, 4) is 0 Å². The largest absolute Gasteiger partial charge is 0.377 e. The van der Waals surface area contributed by atoms with Crippen LogP contribution in [-0.4, -0.2) is 76.7 Å². The molecule has 0 heterocycles. The fraction of sp³-hybridized carbons (Fsp3) is 1.00. The average molecular weight is 333 g/mol. The predicted molar refractivity (Wildman–Crippen MR) is 80.7 cm³/mol. The molecule has 0 spiro atoms. The Morgan fingerprint density at radius 2 is 1.20 bits per heavy atom. The van der Waals surface area contributed by atoms with Crippen molar-refractivity contribution in [1.29, 1.82) is 0 Å². The van der Waals surface area contributed by atoms with Crippen LogP contribution in [0.4, 0.5) is 0 Å². The van der Waals surface area contributed by atoms with Crippen LogP contribution in [0.5, 0.6) is 0 Å². The lowest BCUT2D eigenvalue weighted by molar-refractivity contribution is -0.122. The van der Waals surface area contributed by atoms with Gasteiger partial charge in [-0.15, -0.1) is 23.2 Å². The minimum atomic E-state index is -0.277. The molecule has 20 heavy (non-hydrogen) atoms. The highest BCUT2D eigenvalue weighted by atomic mass is 35.5. The molecule has 0 amide bonds. The maximum absolute atomic E-state index is 5.66. The second-order valence-corrected chi connectivity index (χ2v) is 4.68. The van der Waals surface area contributed by atoms with Crippen LogP contribution in [0.2, 0.25) is 0 Å². The minimum absolute atomic E-state index is 0.274. The number of rotatable bonds is 15. The topological polar surface area (TPSA) is 89.0 Å². The van der Waals surface area contributed by atoms with Gasteiger partial charge in [0.05, 0.1) is 39.6 Å². The predicted octanol–water partition coefficient (Wildman–Crippen LogP) is 0.185. The van der Waals surface area contributed by atoms with Crippen LogP contribution in [-0.2, 0) is 18.9 Å². The molecular weight excluding hydrogens is 307 g/mol. The van der Waals surface area contributed by atoms with Gasteiger partial charge in [0.25, 0.3) is 0 Å². The molecule has 0 aliphatic carbocycles. The van der Waals surface area contributed by atoms with Gasteiger partial charge in [0, 0.05) is 24.8 Å². The first kappa shape index (κ1) is 20.3. The lowest BCUT2D eigenvalue weighted by atomic mass is 10.2. The lowest BCUT2D eigenvalue weighted by Gasteiger charge is -2.27. The minimum Gasteiger partial charge on any atom is -0.377 e. The van der Waals surface area contributed by atoms with E-state index in [-0.39, 0.29) is 12.2 Å². The second kappa shape index (κ2) is 15.7. The van der Waals surface area contributed by atoms with E-state index in [4.69, 9.17) is 53.6 Å². The van der Waals surface area contributed by atoms with E-state index in [1.807, 2.05) is 0 Å². The summed E-state index contributed by atoms with van der Waals surface area (Å²) in [5.74, 6) is 0.833.